The van der Waals surface area contributed by atoms with Crippen molar-refractivity contribution in [2.75, 3.05) is 16.8 Å². The van der Waals surface area contributed by atoms with Gasteiger partial charge in [-0.2, -0.15) is 11.8 Å². The molecule has 1 aliphatic heterocycles. The van der Waals surface area contributed by atoms with E-state index in [1.54, 1.807) is 30.1 Å². The minimum absolute atomic E-state index is 0.0321. The van der Waals surface area contributed by atoms with Crippen molar-refractivity contribution in [1.82, 2.24) is 4.98 Å². The predicted octanol–water partition coefficient (Wildman–Crippen LogP) is 3.50. The number of thioether (sulfide) groups is 1. The minimum Gasteiger partial charge on any atom is -0.473 e. The number of carbonyl (C=O) groups excluding carboxylic acids is 1. The van der Waals surface area contributed by atoms with Crippen molar-refractivity contribution in [3.8, 4) is 5.88 Å². The van der Waals surface area contributed by atoms with Crippen molar-refractivity contribution < 1.29 is 18.3 Å². The number of aromatic nitrogens is 1. The van der Waals surface area contributed by atoms with Gasteiger partial charge in [0.15, 0.2) is 11.6 Å². The first-order chi connectivity index (χ1) is 11.1. The molecule has 4 nitrogen and oxygen atoms in total. The van der Waals surface area contributed by atoms with E-state index in [-0.39, 0.29) is 23.2 Å². The Bertz CT molecular complexity index is 721. The van der Waals surface area contributed by atoms with Crippen molar-refractivity contribution in [1.29, 1.82) is 0 Å². The summed E-state index contributed by atoms with van der Waals surface area (Å²) in [4.78, 5) is 16.5. The van der Waals surface area contributed by atoms with Gasteiger partial charge < -0.3 is 10.1 Å². The molecule has 1 atom stereocenters. The fourth-order valence-corrected chi connectivity index (χ4v) is 3.29. The van der Waals surface area contributed by atoms with Crippen LogP contribution in [0, 0.1) is 11.6 Å². The van der Waals surface area contributed by atoms with Crippen LogP contribution in [0.2, 0.25) is 0 Å². The van der Waals surface area contributed by atoms with Crippen LogP contribution in [-0.4, -0.2) is 28.5 Å². The molecule has 0 saturated carbocycles. The average molecular weight is 336 g/mol. The maximum absolute atomic E-state index is 13.2. The molecule has 1 aromatic carbocycles. The number of hydrogen-bond donors (Lipinski definition) is 1. The van der Waals surface area contributed by atoms with Gasteiger partial charge in [-0.1, -0.05) is 0 Å². The average Bonchev–Trinajstić information content (AvgIpc) is 3.04. The highest BCUT2D eigenvalue weighted by Crippen LogP contribution is 2.25. The molecule has 7 heteroatoms. The van der Waals surface area contributed by atoms with Crippen LogP contribution >= 0.6 is 11.8 Å². The van der Waals surface area contributed by atoms with Crippen LogP contribution in [0.25, 0.3) is 0 Å². The number of anilines is 1. The Hall–Kier alpha value is -2.15. The third-order valence-electron chi connectivity index (χ3n) is 3.36. The molecule has 0 aliphatic carbocycles. The number of nitrogens with one attached hydrogen (secondary N) is 1. The quantitative estimate of drug-likeness (QED) is 0.928. The first-order valence-electron chi connectivity index (χ1n) is 7.09. The lowest BCUT2D eigenvalue weighted by molar-refractivity contribution is 0.101. The molecule has 1 N–H and O–H groups in total. The fraction of sp³-hybridized carbons (Fsp3) is 0.250. The molecule has 1 unspecified atom stereocenters. The summed E-state index contributed by atoms with van der Waals surface area (Å²) in [5.41, 5.74) is 0.425. The van der Waals surface area contributed by atoms with Crippen LogP contribution in [0.5, 0.6) is 5.88 Å². The summed E-state index contributed by atoms with van der Waals surface area (Å²) in [6.07, 6.45) is 2.49. The van der Waals surface area contributed by atoms with E-state index in [0.717, 1.165) is 30.1 Å². The van der Waals surface area contributed by atoms with E-state index in [2.05, 4.69) is 10.3 Å². The molecule has 2 aromatic rings. The van der Waals surface area contributed by atoms with E-state index in [4.69, 9.17) is 4.74 Å². The van der Waals surface area contributed by atoms with Gasteiger partial charge in [-0.3, -0.25) is 4.79 Å². The molecule has 0 bridgehead atoms. The minimum atomic E-state index is -1.02. The maximum atomic E-state index is 13.2. The third-order valence-corrected chi connectivity index (χ3v) is 4.49. The zero-order chi connectivity index (χ0) is 16.2. The van der Waals surface area contributed by atoms with Crippen LogP contribution in [0.1, 0.15) is 16.8 Å². The summed E-state index contributed by atoms with van der Waals surface area (Å²) in [5, 5.41) is 2.52. The molecule has 1 fully saturated rings. The van der Waals surface area contributed by atoms with Crippen LogP contribution < -0.4 is 10.1 Å². The summed E-state index contributed by atoms with van der Waals surface area (Å²) in [6, 6.07) is 6.38. The molecule has 120 valence electrons. The summed E-state index contributed by atoms with van der Waals surface area (Å²) in [6.45, 7) is 0. The molecule has 3 rings (SSSR count). The van der Waals surface area contributed by atoms with Gasteiger partial charge in [0.1, 0.15) is 11.7 Å². The lowest BCUT2D eigenvalue weighted by Gasteiger charge is -2.14. The maximum Gasteiger partial charge on any atom is 0.261 e. The van der Waals surface area contributed by atoms with E-state index in [1.165, 1.54) is 6.07 Å². The molecular formula is C16H14F2N2O2S. The molecule has 2 heterocycles. The molecule has 0 radical (unpaired) electrons. The molecule has 23 heavy (non-hydrogen) atoms. The monoisotopic (exact) mass is 336 g/mol. The van der Waals surface area contributed by atoms with E-state index in [9.17, 15) is 13.6 Å². The normalized spacial score (nSPS) is 17.0. The van der Waals surface area contributed by atoms with Crippen LogP contribution in [-0.2, 0) is 0 Å². The van der Waals surface area contributed by atoms with Crippen molar-refractivity contribution in [3.63, 3.8) is 0 Å². The topological polar surface area (TPSA) is 51.2 Å². The van der Waals surface area contributed by atoms with Crippen molar-refractivity contribution in [2.24, 2.45) is 0 Å². The molecular weight excluding hydrogens is 322 g/mol. The molecule has 0 spiro atoms. The van der Waals surface area contributed by atoms with Gasteiger partial charge in [0.25, 0.3) is 5.91 Å². The Labute approximate surface area is 136 Å². The van der Waals surface area contributed by atoms with Gasteiger partial charge in [0, 0.05) is 23.7 Å². The molecule has 1 saturated heterocycles. The molecule has 1 aliphatic rings. The zero-order valence-electron chi connectivity index (χ0n) is 12.1. The van der Waals surface area contributed by atoms with Gasteiger partial charge in [-0.25, -0.2) is 13.8 Å². The highest BCUT2D eigenvalue weighted by molar-refractivity contribution is 7.99. The van der Waals surface area contributed by atoms with Gasteiger partial charge >= 0.3 is 0 Å². The number of rotatable bonds is 4. The van der Waals surface area contributed by atoms with E-state index >= 15 is 0 Å². The first kappa shape index (κ1) is 15.7. The van der Waals surface area contributed by atoms with E-state index < -0.39 is 17.5 Å². The number of benzene rings is 1. The Morgan fingerprint density at radius 3 is 2.91 bits per heavy atom. The fourth-order valence-electron chi connectivity index (χ4n) is 2.19. The summed E-state index contributed by atoms with van der Waals surface area (Å²) >= 11 is 1.79. The van der Waals surface area contributed by atoms with E-state index in [0.29, 0.717) is 0 Å². The van der Waals surface area contributed by atoms with Crippen molar-refractivity contribution >= 4 is 23.4 Å². The standard InChI is InChI=1S/C16H14F2N2O2S/c17-13-4-3-10(8-14(13)18)20-15(21)12-2-1-6-19-16(12)22-11-5-7-23-9-11/h1-4,6,8,11H,5,7,9H2,(H,20,21). The number of nitrogens with zero attached hydrogens (tertiary/aromatic N) is 1. The molecule has 1 amide bonds. The highest BCUT2D eigenvalue weighted by atomic mass is 32.2. The van der Waals surface area contributed by atoms with Gasteiger partial charge in [0.2, 0.25) is 5.88 Å². The second-order valence-corrected chi connectivity index (χ2v) is 6.19. The lowest BCUT2D eigenvalue weighted by atomic mass is 10.2. The number of carbonyl (C=O) groups is 1. The largest absolute Gasteiger partial charge is 0.473 e. The smallest absolute Gasteiger partial charge is 0.261 e. The number of hydrogen-bond acceptors (Lipinski definition) is 4. The Kier molecular flexibility index (Phi) is 4.76. The Balaban J connectivity index is 1.77. The predicted molar refractivity (Wildman–Crippen MR) is 84.9 cm³/mol. The summed E-state index contributed by atoms with van der Waals surface area (Å²) in [7, 11) is 0. The second kappa shape index (κ2) is 6.95. The molecule has 1 aromatic heterocycles. The summed E-state index contributed by atoms with van der Waals surface area (Å²) in [5.74, 6) is -0.334. The van der Waals surface area contributed by atoms with Crippen molar-refractivity contribution in [3.05, 3.63) is 53.7 Å². The number of amides is 1. The zero-order valence-corrected chi connectivity index (χ0v) is 12.9. The highest BCUT2D eigenvalue weighted by Gasteiger charge is 2.21. The lowest BCUT2D eigenvalue weighted by Crippen LogP contribution is -2.20. The van der Waals surface area contributed by atoms with Crippen LogP contribution in [0.15, 0.2) is 36.5 Å². The Morgan fingerprint density at radius 1 is 1.30 bits per heavy atom. The van der Waals surface area contributed by atoms with Crippen LogP contribution in [0.4, 0.5) is 14.5 Å². The third kappa shape index (κ3) is 3.79. The first-order valence-corrected chi connectivity index (χ1v) is 8.25. The summed E-state index contributed by atoms with van der Waals surface area (Å²) < 4.78 is 31.9. The number of pyridine rings is 1. The number of halogens is 2. The van der Waals surface area contributed by atoms with Gasteiger partial charge in [0.05, 0.1) is 0 Å². The second-order valence-electron chi connectivity index (χ2n) is 5.04. The van der Waals surface area contributed by atoms with Gasteiger partial charge in [-0.15, -0.1) is 0 Å². The Morgan fingerprint density at radius 2 is 2.17 bits per heavy atom. The van der Waals surface area contributed by atoms with Crippen LogP contribution in [0.3, 0.4) is 0 Å². The SMILES string of the molecule is O=C(Nc1ccc(F)c(F)c1)c1cccnc1OC1CCSC1. The number of ether oxygens (including phenoxy) is 1. The van der Waals surface area contributed by atoms with Gasteiger partial charge in [-0.05, 0) is 36.4 Å². The van der Waals surface area contributed by atoms with Crippen molar-refractivity contribution in [2.45, 2.75) is 12.5 Å². The van der Waals surface area contributed by atoms with E-state index in [1.807, 2.05) is 0 Å².